The predicted molar refractivity (Wildman–Crippen MR) is 79.2 cm³/mol. The molecule has 0 spiro atoms. The van der Waals surface area contributed by atoms with Crippen LogP contribution in [0.5, 0.6) is 0 Å². The molecule has 2 rings (SSSR count). The van der Waals surface area contributed by atoms with Gasteiger partial charge in [-0.25, -0.2) is 0 Å². The Morgan fingerprint density at radius 3 is 2.79 bits per heavy atom. The van der Waals surface area contributed by atoms with Crippen molar-refractivity contribution in [2.24, 2.45) is 0 Å². The van der Waals surface area contributed by atoms with Gasteiger partial charge in [0.15, 0.2) is 5.78 Å². The van der Waals surface area contributed by atoms with E-state index in [1.807, 2.05) is 42.1 Å². The van der Waals surface area contributed by atoms with Gasteiger partial charge in [0.2, 0.25) is 0 Å². The van der Waals surface area contributed by atoms with Crippen LogP contribution in [0.25, 0.3) is 0 Å². The topological polar surface area (TPSA) is 22.0 Å². The molecule has 0 fully saturated rings. The number of halogens is 2. The van der Waals surface area contributed by atoms with Crippen molar-refractivity contribution in [1.82, 2.24) is 4.57 Å². The summed E-state index contributed by atoms with van der Waals surface area (Å²) in [5.74, 6) is 0.179. The van der Waals surface area contributed by atoms with Gasteiger partial charge in [-0.05, 0) is 24.1 Å². The van der Waals surface area contributed by atoms with Crippen LogP contribution in [0.3, 0.4) is 0 Å². The van der Waals surface area contributed by atoms with Gasteiger partial charge in [-0.15, -0.1) is 0 Å². The zero-order chi connectivity index (χ0) is 13.8. The van der Waals surface area contributed by atoms with Crippen LogP contribution in [0.2, 0.25) is 10.0 Å². The fourth-order valence-corrected chi connectivity index (χ4v) is 2.32. The molecule has 0 unspecified atom stereocenters. The highest BCUT2D eigenvalue weighted by Gasteiger charge is 2.08. The smallest absolute Gasteiger partial charge is 0.164 e. The Morgan fingerprint density at radius 1 is 1.26 bits per heavy atom. The molecule has 0 amide bonds. The van der Waals surface area contributed by atoms with Crippen LogP contribution in [0, 0.1) is 0 Å². The number of ketones is 1. The van der Waals surface area contributed by atoms with Crippen LogP contribution < -0.4 is 0 Å². The minimum absolute atomic E-state index is 0.179. The first-order valence-electron chi connectivity index (χ1n) is 6.23. The molecule has 0 N–H and O–H groups in total. The van der Waals surface area contributed by atoms with Crippen molar-refractivity contribution in [3.05, 3.63) is 57.8 Å². The third kappa shape index (κ3) is 3.40. The van der Waals surface area contributed by atoms with Gasteiger partial charge in [-0.1, -0.05) is 42.3 Å². The van der Waals surface area contributed by atoms with Crippen LogP contribution in [-0.4, -0.2) is 10.4 Å². The first kappa shape index (κ1) is 14.2. The number of hydrogen-bond acceptors (Lipinski definition) is 1. The number of rotatable bonds is 5. The molecule has 0 aliphatic carbocycles. The predicted octanol–water partition coefficient (Wildman–Crippen LogP) is 4.83. The molecule has 0 atom stereocenters. The standard InChI is InChI=1S/C15H15Cl2NO/c1-2-4-14(19)11-7-8-18(9-11)10-12-5-3-6-13(16)15(12)17/h3,5-9H,2,4,10H2,1H3. The lowest BCUT2D eigenvalue weighted by atomic mass is 10.1. The molecule has 0 aliphatic rings. The van der Waals surface area contributed by atoms with Crippen molar-refractivity contribution in [3.8, 4) is 0 Å². The van der Waals surface area contributed by atoms with Crippen LogP contribution in [0.1, 0.15) is 35.7 Å². The number of nitrogens with zero attached hydrogens (tertiary/aromatic N) is 1. The molecule has 1 aromatic carbocycles. The van der Waals surface area contributed by atoms with E-state index in [1.165, 1.54) is 0 Å². The van der Waals surface area contributed by atoms with E-state index in [-0.39, 0.29) is 5.78 Å². The maximum absolute atomic E-state index is 11.8. The van der Waals surface area contributed by atoms with E-state index in [0.29, 0.717) is 23.0 Å². The first-order chi connectivity index (χ1) is 9.11. The number of benzene rings is 1. The second kappa shape index (κ2) is 6.27. The van der Waals surface area contributed by atoms with Gasteiger partial charge in [0.1, 0.15) is 0 Å². The summed E-state index contributed by atoms with van der Waals surface area (Å²) in [6.07, 6.45) is 5.20. The van der Waals surface area contributed by atoms with Gasteiger partial charge in [-0.3, -0.25) is 4.79 Å². The summed E-state index contributed by atoms with van der Waals surface area (Å²) in [7, 11) is 0. The minimum atomic E-state index is 0.179. The van der Waals surface area contributed by atoms with Gasteiger partial charge in [0.05, 0.1) is 10.0 Å². The quantitative estimate of drug-likeness (QED) is 0.725. The maximum Gasteiger partial charge on any atom is 0.164 e. The monoisotopic (exact) mass is 295 g/mol. The Bertz CT molecular complexity index is 590. The number of Topliss-reactive ketones (excluding diaryl/α,β-unsaturated/α-hetero) is 1. The molecule has 0 bridgehead atoms. The third-order valence-electron chi connectivity index (χ3n) is 2.93. The van der Waals surface area contributed by atoms with Crippen LogP contribution >= 0.6 is 23.2 Å². The molecule has 100 valence electrons. The molecule has 2 nitrogen and oxygen atoms in total. The average molecular weight is 296 g/mol. The van der Waals surface area contributed by atoms with Gasteiger partial charge in [0, 0.05) is 30.9 Å². The van der Waals surface area contributed by atoms with Crippen molar-refractivity contribution in [3.63, 3.8) is 0 Å². The zero-order valence-electron chi connectivity index (χ0n) is 10.7. The lowest BCUT2D eigenvalue weighted by Gasteiger charge is -2.06. The molecule has 1 aromatic heterocycles. The average Bonchev–Trinajstić information content (AvgIpc) is 2.84. The molecule has 0 aliphatic heterocycles. The number of aromatic nitrogens is 1. The fourth-order valence-electron chi connectivity index (χ4n) is 1.94. The highest BCUT2D eigenvalue weighted by Crippen LogP contribution is 2.26. The largest absolute Gasteiger partial charge is 0.349 e. The summed E-state index contributed by atoms with van der Waals surface area (Å²) in [5, 5.41) is 1.12. The van der Waals surface area contributed by atoms with Crippen molar-refractivity contribution in [1.29, 1.82) is 0 Å². The Balaban J connectivity index is 2.16. The molecule has 2 aromatic rings. The van der Waals surface area contributed by atoms with Gasteiger partial charge < -0.3 is 4.57 Å². The van der Waals surface area contributed by atoms with Crippen molar-refractivity contribution >= 4 is 29.0 Å². The Kier molecular flexibility index (Phi) is 4.67. The van der Waals surface area contributed by atoms with Gasteiger partial charge in [-0.2, -0.15) is 0 Å². The summed E-state index contributed by atoms with van der Waals surface area (Å²) in [4.78, 5) is 11.8. The Morgan fingerprint density at radius 2 is 2.05 bits per heavy atom. The molecule has 19 heavy (non-hydrogen) atoms. The Hall–Kier alpha value is -1.25. The molecule has 4 heteroatoms. The summed E-state index contributed by atoms with van der Waals surface area (Å²) < 4.78 is 1.94. The number of carbonyl (C=O) groups excluding carboxylic acids is 1. The van der Waals surface area contributed by atoms with Crippen molar-refractivity contribution in [2.45, 2.75) is 26.3 Å². The van der Waals surface area contributed by atoms with E-state index in [9.17, 15) is 4.79 Å². The van der Waals surface area contributed by atoms with E-state index in [1.54, 1.807) is 6.07 Å². The van der Waals surface area contributed by atoms with Crippen LogP contribution in [-0.2, 0) is 6.54 Å². The fraction of sp³-hybridized carbons (Fsp3) is 0.267. The molecule has 0 radical (unpaired) electrons. The minimum Gasteiger partial charge on any atom is -0.349 e. The maximum atomic E-state index is 11.8. The lowest BCUT2D eigenvalue weighted by molar-refractivity contribution is 0.0981. The normalized spacial score (nSPS) is 10.7. The lowest BCUT2D eigenvalue weighted by Crippen LogP contribution is -1.99. The van der Waals surface area contributed by atoms with E-state index < -0.39 is 0 Å². The van der Waals surface area contributed by atoms with E-state index in [0.717, 1.165) is 17.5 Å². The second-order valence-corrected chi connectivity index (χ2v) is 5.24. The van der Waals surface area contributed by atoms with Crippen LogP contribution in [0.4, 0.5) is 0 Å². The molecule has 1 heterocycles. The van der Waals surface area contributed by atoms with E-state index in [2.05, 4.69) is 0 Å². The molecular formula is C15H15Cl2NO. The van der Waals surface area contributed by atoms with Crippen LogP contribution in [0.15, 0.2) is 36.7 Å². The molecule has 0 saturated heterocycles. The summed E-state index contributed by atoms with van der Waals surface area (Å²) in [6.45, 7) is 2.61. The zero-order valence-corrected chi connectivity index (χ0v) is 12.2. The van der Waals surface area contributed by atoms with Gasteiger partial charge in [0.25, 0.3) is 0 Å². The van der Waals surface area contributed by atoms with Gasteiger partial charge >= 0.3 is 0 Å². The van der Waals surface area contributed by atoms with E-state index >= 15 is 0 Å². The molecule has 0 saturated carbocycles. The second-order valence-electron chi connectivity index (χ2n) is 4.46. The summed E-state index contributed by atoms with van der Waals surface area (Å²) in [5.41, 5.74) is 1.69. The van der Waals surface area contributed by atoms with Crippen molar-refractivity contribution < 1.29 is 4.79 Å². The number of carbonyl (C=O) groups is 1. The summed E-state index contributed by atoms with van der Waals surface area (Å²) >= 11 is 12.1. The summed E-state index contributed by atoms with van der Waals surface area (Å²) in [6, 6.07) is 7.41. The van der Waals surface area contributed by atoms with E-state index in [4.69, 9.17) is 23.2 Å². The molecular weight excluding hydrogens is 281 g/mol. The highest BCUT2D eigenvalue weighted by molar-refractivity contribution is 6.42. The number of hydrogen-bond donors (Lipinski definition) is 0. The first-order valence-corrected chi connectivity index (χ1v) is 6.99. The van der Waals surface area contributed by atoms with Crippen molar-refractivity contribution in [2.75, 3.05) is 0 Å². The third-order valence-corrected chi connectivity index (χ3v) is 3.79. The highest BCUT2D eigenvalue weighted by atomic mass is 35.5. The Labute approximate surface area is 123 Å². The SMILES string of the molecule is CCCC(=O)c1ccn(Cc2cccc(Cl)c2Cl)c1.